The van der Waals surface area contributed by atoms with Gasteiger partial charge in [-0.1, -0.05) is 48.1 Å². The Hall–Kier alpha value is -1.65. The van der Waals surface area contributed by atoms with Crippen molar-refractivity contribution in [3.05, 3.63) is 64.4 Å². The molecule has 5 heteroatoms. The van der Waals surface area contributed by atoms with E-state index in [1.54, 1.807) is 0 Å². The van der Waals surface area contributed by atoms with E-state index in [4.69, 9.17) is 34.3 Å². The van der Waals surface area contributed by atoms with Crippen LogP contribution in [0.25, 0.3) is 0 Å². The van der Waals surface area contributed by atoms with E-state index in [2.05, 4.69) is 0 Å². The van der Waals surface area contributed by atoms with Crippen molar-refractivity contribution in [1.82, 2.24) is 0 Å². The smallest absolute Gasteiger partial charge is 0.138 e. The SMILES string of the molecule is NC(=S)c1ccc(COc2ccc(F)cc2Cl)cc1. The summed E-state index contributed by atoms with van der Waals surface area (Å²) < 4.78 is 18.4. The summed E-state index contributed by atoms with van der Waals surface area (Å²) >= 11 is 10.7. The minimum atomic E-state index is -0.391. The molecule has 2 aromatic rings. The molecule has 0 saturated heterocycles. The van der Waals surface area contributed by atoms with Crippen LogP contribution in [0, 0.1) is 5.82 Å². The molecule has 19 heavy (non-hydrogen) atoms. The molecule has 98 valence electrons. The van der Waals surface area contributed by atoms with Gasteiger partial charge in [0.25, 0.3) is 0 Å². The van der Waals surface area contributed by atoms with E-state index < -0.39 is 5.82 Å². The molecule has 0 amide bonds. The molecule has 2 rings (SSSR count). The minimum absolute atomic E-state index is 0.250. The number of halogens is 2. The van der Waals surface area contributed by atoms with Crippen molar-refractivity contribution in [2.24, 2.45) is 5.73 Å². The Morgan fingerprint density at radius 2 is 1.89 bits per heavy atom. The highest BCUT2D eigenvalue weighted by molar-refractivity contribution is 7.80. The topological polar surface area (TPSA) is 35.2 Å². The Balaban J connectivity index is 2.04. The van der Waals surface area contributed by atoms with Crippen molar-refractivity contribution in [2.75, 3.05) is 0 Å². The number of hydrogen-bond acceptors (Lipinski definition) is 2. The summed E-state index contributed by atoms with van der Waals surface area (Å²) in [5.41, 5.74) is 7.26. The van der Waals surface area contributed by atoms with Crippen LogP contribution in [-0.2, 0) is 6.61 Å². The summed E-state index contributed by atoms with van der Waals surface area (Å²) in [5.74, 6) is 0.0552. The lowest BCUT2D eigenvalue weighted by atomic mass is 10.1. The van der Waals surface area contributed by atoms with E-state index in [9.17, 15) is 4.39 Å². The standard InChI is InChI=1S/C14H11ClFNOS/c15-12-7-11(16)5-6-13(12)18-8-9-1-3-10(4-2-9)14(17)19/h1-7H,8H2,(H2,17,19). The Kier molecular flexibility index (Phi) is 4.35. The average Bonchev–Trinajstić information content (AvgIpc) is 2.38. The van der Waals surface area contributed by atoms with Crippen LogP contribution in [-0.4, -0.2) is 4.99 Å². The van der Waals surface area contributed by atoms with Gasteiger partial charge < -0.3 is 10.5 Å². The molecule has 0 heterocycles. The van der Waals surface area contributed by atoms with Crippen LogP contribution in [0.15, 0.2) is 42.5 Å². The Morgan fingerprint density at radius 3 is 2.47 bits per heavy atom. The molecule has 0 aliphatic carbocycles. The molecule has 0 spiro atoms. The van der Waals surface area contributed by atoms with E-state index in [-0.39, 0.29) is 5.02 Å². The first kappa shape index (κ1) is 13.8. The highest BCUT2D eigenvalue weighted by Crippen LogP contribution is 2.25. The second-order valence-corrected chi connectivity index (χ2v) is 4.77. The lowest BCUT2D eigenvalue weighted by Gasteiger charge is -2.08. The highest BCUT2D eigenvalue weighted by atomic mass is 35.5. The van der Waals surface area contributed by atoms with Crippen LogP contribution in [0.1, 0.15) is 11.1 Å². The minimum Gasteiger partial charge on any atom is -0.487 e. The van der Waals surface area contributed by atoms with Gasteiger partial charge in [0.05, 0.1) is 5.02 Å². The van der Waals surface area contributed by atoms with Gasteiger partial charge in [0.1, 0.15) is 23.2 Å². The fourth-order valence-electron chi connectivity index (χ4n) is 1.52. The third-order valence-corrected chi connectivity index (χ3v) is 3.06. The van der Waals surface area contributed by atoms with Gasteiger partial charge in [-0.2, -0.15) is 0 Å². The monoisotopic (exact) mass is 295 g/mol. The molecule has 2 nitrogen and oxygen atoms in total. The quantitative estimate of drug-likeness (QED) is 0.874. The highest BCUT2D eigenvalue weighted by Gasteiger charge is 2.04. The first-order valence-electron chi connectivity index (χ1n) is 5.53. The lowest BCUT2D eigenvalue weighted by molar-refractivity contribution is 0.306. The van der Waals surface area contributed by atoms with Crippen molar-refractivity contribution in [2.45, 2.75) is 6.61 Å². The molecule has 0 bridgehead atoms. The second-order valence-electron chi connectivity index (χ2n) is 3.92. The van der Waals surface area contributed by atoms with E-state index in [1.165, 1.54) is 18.2 Å². The fraction of sp³-hybridized carbons (Fsp3) is 0.0714. The predicted octanol–water partition coefficient (Wildman–Crippen LogP) is 3.69. The lowest BCUT2D eigenvalue weighted by Crippen LogP contribution is -2.09. The summed E-state index contributed by atoms with van der Waals surface area (Å²) in [5, 5.41) is 0.250. The third kappa shape index (κ3) is 3.66. The zero-order chi connectivity index (χ0) is 13.8. The molecular weight excluding hydrogens is 285 g/mol. The van der Waals surface area contributed by atoms with Gasteiger partial charge in [-0.25, -0.2) is 4.39 Å². The van der Waals surface area contributed by atoms with Crippen LogP contribution in [0.3, 0.4) is 0 Å². The molecule has 2 N–H and O–H groups in total. The van der Waals surface area contributed by atoms with Crippen molar-refractivity contribution in [3.8, 4) is 5.75 Å². The maximum absolute atomic E-state index is 12.9. The summed E-state index contributed by atoms with van der Waals surface area (Å²) in [6.45, 7) is 0.336. The molecule has 2 aromatic carbocycles. The molecule has 0 radical (unpaired) electrons. The summed E-state index contributed by atoms with van der Waals surface area (Å²) in [6.07, 6.45) is 0. The first-order chi connectivity index (χ1) is 9.06. The Bertz CT molecular complexity index is 601. The molecular formula is C14H11ClFNOS. The number of rotatable bonds is 4. The molecule has 0 aliphatic heterocycles. The number of hydrogen-bond donors (Lipinski definition) is 1. The summed E-state index contributed by atoms with van der Waals surface area (Å²) in [7, 11) is 0. The number of thiocarbonyl (C=S) groups is 1. The van der Waals surface area contributed by atoms with Gasteiger partial charge in [0.2, 0.25) is 0 Å². The van der Waals surface area contributed by atoms with Gasteiger partial charge in [0, 0.05) is 5.56 Å². The van der Waals surface area contributed by atoms with E-state index in [0.29, 0.717) is 17.3 Å². The van der Waals surface area contributed by atoms with E-state index in [1.807, 2.05) is 24.3 Å². The van der Waals surface area contributed by atoms with Crippen molar-refractivity contribution in [3.63, 3.8) is 0 Å². The van der Waals surface area contributed by atoms with Gasteiger partial charge >= 0.3 is 0 Å². The van der Waals surface area contributed by atoms with Gasteiger partial charge in [-0.15, -0.1) is 0 Å². The van der Waals surface area contributed by atoms with Crippen LogP contribution >= 0.6 is 23.8 Å². The van der Waals surface area contributed by atoms with Crippen LogP contribution in [0.2, 0.25) is 5.02 Å². The maximum atomic E-state index is 12.9. The molecule has 0 unspecified atom stereocenters. The third-order valence-electron chi connectivity index (χ3n) is 2.53. The van der Waals surface area contributed by atoms with Crippen molar-refractivity contribution >= 4 is 28.8 Å². The predicted molar refractivity (Wildman–Crippen MR) is 78.1 cm³/mol. The zero-order valence-corrected chi connectivity index (χ0v) is 11.5. The number of ether oxygens (including phenoxy) is 1. The summed E-state index contributed by atoms with van der Waals surface area (Å²) in [4.78, 5) is 0.356. The second kappa shape index (κ2) is 5.99. The van der Waals surface area contributed by atoms with Gasteiger partial charge in [-0.3, -0.25) is 0 Å². The normalized spacial score (nSPS) is 10.2. The molecule has 0 saturated carbocycles. The fourth-order valence-corrected chi connectivity index (χ4v) is 1.88. The van der Waals surface area contributed by atoms with Crippen LogP contribution in [0.5, 0.6) is 5.75 Å². The van der Waals surface area contributed by atoms with Gasteiger partial charge in [0.15, 0.2) is 0 Å². The van der Waals surface area contributed by atoms with E-state index >= 15 is 0 Å². The Labute approximate surface area is 120 Å². The largest absolute Gasteiger partial charge is 0.487 e. The maximum Gasteiger partial charge on any atom is 0.138 e. The molecule has 0 aromatic heterocycles. The van der Waals surface area contributed by atoms with Gasteiger partial charge in [-0.05, 0) is 23.8 Å². The zero-order valence-electron chi connectivity index (χ0n) is 9.90. The van der Waals surface area contributed by atoms with Crippen molar-refractivity contribution in [1.29, 1.82) is 0 Å². The van der Waals surface area contributed by atoms with Crippen molar-refractivity contribution < 1.29 is 9.13 Å². The number of benzene rings is 2. The van der Waals surface area contributed by atoms with E-state index in [0.717, 1.165) is 11.1 Å². The molecule has 0 fully saturated rings. The van der Waals surface area contributed by atoms with Crippen LogP contribution < -0.4 is 10.5 Å². The van der Waals surface area contributed by atoms with Crippen LogP contribution in [0.4, 0.5) is 4.39 Å². The molecule has 0 atom stereocenters. The number of nitrogens with two attached hydrogens (primary N) is 1. The Morgan fingerprint density at radius 1 is 1.21 bits per heavy atom. The first-order valence-corrected chi connectivity index (χ1v) is 6.31. The average molecular weight is 296 g/mol. The molecule has 0 aliphatic rings. The summed E-state index contributed by atoms with van der Waals surface area (Å²) in [6, 6.07) is 11.4.